The quantitative estimate of drug-likeness (QED) is 0.239. The molecule has 0 aliphatic carbocycles. The van der Waals surface area contributed by atoms with Gasteiger partial charge in [0.15, 0.2) is 10.2 Å². The van der Waals surface area contributed by atoms with Crippen LogP contribution in [0.15, 0.2) is 59.8 Å². The van der Waals surface area contributed by atoms with E-state index in [4.69, 9.17) is 4.74 Å². The highest BCUT2D eigenvalue weighted by Gasteiger charge is 2.48. The van der Waals surface area contributed by atoms with Gasteiger partial charge in [-0.15, -0.1) is 5.10 Å². The van der Waals surface area contributed by atoms with E-state index < -0.39 is 38.1 Å². The number of aromatic nitrogens is 4. The van der Waals surface area contributed by atoms with Crippen molar-refractivity contribution >= 4 is 42.1 Å². The maximum atomic E-state index is 13.6. The molecule has 4 bridgehead atoms. The fourth-order valence-corrected chi connectivity index (χ4v) is 7.64. The van der Waals surface area contributed by atoms with Gasteiger partial charge in [0.05, 0.1) is 11.2 Å². The zero-order valence-corrected chi connectivity index (χ0v) is 29.1. The summed E-state index contributed by atoms with van der Waals surface area (Å²) in [4.78, 5) is 10.9. The minimum Gasteiger partial charge on any atom is -0.476 e. The van der Waals surface area contributed by atoms with Crippen molar-refractivity contribution in [2.45, 2.75) is 57.2 Å². The average Bonchev–Trinajstić information content (AvgIpc) is 3.65. The summed E-state index contributed by atoms with van der Waals surface area (Å²) in [5.74, 6) is 0.209. The summed E-state index contributed by atoms with van der Waals surface area (Å²) in [5.41, 5.74) is 0.0904. The highest BCUT2D eigenvalue weighted by Crippen LogP contribution is 2.39. The molecule has 0 unspecified atom stereocenters. The van der Waals surface area contributed by atoms with Crippen LogP contribution in [0.5, 0.6) is 5.88 Å². The Morgan fingerprint density at radius 3 is 2.50 bits per heavy atom. The number of halogens is 3. The Balaban J connectivity index is 1.53. The zero-order valence-electron chi connectivity index (χ0n) is 26.7. The molecule has 1 aromatic carbocycles. The lowest BCUT2D eigenvalue weighted by Gasteiger charge is -2.26. The summed E-state index contributed by atoms with van der Waals surface area (Å²) < 4.78 is 101. The van der Waals surface area contributed by atoms with Gasteiger partial charge >= 0.3 is 6.18 Å². The number of hydrogen-bond acceptors (Lipinski definition) is 10. The molecule has 0 atom stereocenters. The van der Waals surface area contributed by atoms with Crippen LogP contribution in [0.25, 0.3) is 16.3 Å². The monoisotopic (exact) mass is 726 g/mol. The first-order valence-corrected chi connectivity index (χ1v) is 19.7. The standard InChI is InChI=1S/C31H37F3N6O5S3/c1-30(2,31(32,33)34)21-45-25-16-18-40(37-25)28-27-23-13-8-7-12-22(23)11-6-4-5-9-17-39(19-20-47(3,41)42)24-14-10-15-26(35-24)48(43,44)38-29(36-27)46-28/h7-8,10,12-16,18H,4-6,9,11,17,19-21H2,1-3H3,(H,36,38). The molecule has 4 heterocycles. The smallest absolute Gasteiger partial charge is 0.397 e. The van der Waals surface area contributed by atoms with E-state index in [1.54, 1.807) is 17.0 Å². The Hall–Kier alpha value is -3.70. The van der Waals surface area contributed by atoms with E-state index in [1.165, 1.54) is 23.0 Å². The van der Waals surface area contributed by atoms with E-state index in [2.05, 4.69) is 19.8 Å². The second-order valence-electron chi connectivity index (χ2n) is 12.3. The third kappa shape index (κ3) is 8.66. The molecule has 0 fully saturated rings. The number of benzene rings is 1. The van der Waals surface area contributed by atoms with Crippen LogP contribution in [-0.4, -0.2) is 74.5 Å². The van der Waals surface area contributed by atoms with E-state index in [0.29, 0.717) is 29.5 Å². The predicted octanol–water partition coefficient (Wildman–Crippen LogP) is 6.13. The summed E-state index contributed by atoms with van der Waals surface area (Å²) in [6.07, 6.45) is 2.31. The molecule has 4 aromatic rings. The van der Waals surface area contributed by atoms with E-state index in [-0.39, 0.29) is 28.3 Å². The summed E-state index contributed by atoms with van der Waals surface area (Å²) in [7, 11) is -7.53. The number of sulfonamides is 1. The van der Waals surface area contributed by atoms with Gasteiger partial charge in [0.1, 0.15) is 33.0 Å². The molecule has 260 valence electrons. The molecule has 1 aliphatic heterocycles. The first-order chi connectivity index (χ1) is 22.5. The SMILES string of the molecule is CC(C)(COc1ccn(-c2sc3nc2-c2ccccc2CCCCCCN(CCS(C)(=O)=O)c2cccc(n2)S(=O)(=O)N3)n1)C(F)(F)F. The first kappa shape index (κ1) is 35.6. The molecule has 0 spiro atoms. The Labute approximate surface area is 282 Å². The Morgan fingerprint density at radius 2 is 1.75 bits per heavy atom. The fourth-order valence-electron chi connectivity index (χ4n) is 4.97. The summed E-state index contributed by atoms with van der Waals surface area (Å²) in [6.45, 7) is 2.12. The number of hydrogen-bond donors (Lipinski definition) is 1. The molecule has 0 amide bonds. The second-order valence-corrected chi connectivity index (χ2v) is 17.2. The largest absolute Gasteiger partial charge is 0.476 e. The van der Waals surface area contributed by atoms with Crippen molar-refractivity contribution in [3.8, 4) is 22.1 Å². The normalized spacial score (nSPS) is 16.1. The molecule has 11 nitrogen and oxygen atoms in total. The van der Waals surface area contributed by atoms with Crippen LogP contribution < -0.4 is 14.4 Å². The highest BCUT2D eigenvalue weighted by atomic mass is 32.2. The fraction of sp³-hybridized carbons (Fsp3) is 0.452. The summed E-state index contributed by atoms with van der Waals surface area (Å²) in [5, 5.41) is 4.54. The topological polar surface area (TPSA) is 136 Å². The van der Waals surface area contributed by atoms with Gasteiger partial charge in [0.2, 0.25) is 5.88 Å². The van der Waals surface area contributed by atoms with Crippen molar-refractivity contribution in [2.24, 2.45) is 5.41 Å². The number of thiazole rings is 1. The number of pyridine rings is 1. The van der Waals surface area contributed by atoms with Crippen molar-refractivity contribution < 1.29 is 34.7 Å². The summed E-state index contributed by atoms with van der Waals surface area (Å²) >= 11 is 0.998. The van der Waals surface area contributed by atoms with Gasteiger partial charge in [-0.3, -0.25) is 4.72 Å². The third-order valence-electron chi connectivity index (χ3n) is 7.89. The number of rotatable bonds is 7. The van der Waals surface area contributed by atoms with Gasteiger partial charge in [0.25, 0.3) is 10.0 Å². The van der Waals surface area contributed by atoms with E-state index >= 15 is 0 Å². The van der Waals surface area contributed by atoms with Gasteiger partial charge < -0.3 is 9.64 Å². The number of anilines is 2. The zero-order chi connectivity index (χ0) is 34.7. The Kier molecular flexibility index (Phi) is 10.4. The number of ether oxygens (including phenoxy) is 1. The van der Waals surface area contributed by atoms with E-state index in [1.807, 2.05) is 24.3 Å². The molecule has 17 heteroatoms. The van der Waals surface area contributed by atoms with Crippen LogP contribution in [-0.2, 0) is 26.3 Å². The van der Waals surface area contributed by atoms with Gasteiger partial charge in [-0.1, -0.05) is 54.5 Å². The second kappa shape index (κ2) is 14.0. The minimum atomic E-state index is -4.47. The van der Waals surface area contributed by atoms with Crippen LogP contribution in [0.3, 0.4) is 0 Å². The number of alkyl halides is 3. The van der Waals surface area contributed by atoms with Crippen LogP contribution >= 0.6 is 11.3 Å². The summed E-state index contributed by atoms with van der Waals surface area (Å²) in [6, 6.07) is 13.6. The lowest BCUT2D eigenvalue weighted by molar-refractivity contribution is -0.219. The molecule has 0 saturated carbocycles. The van der Waals surface area contributed by atoms with Crippen LogP contribution in [0, 0.1) is 5.41 Å². The lowest BCUT2D eigenvalue weighted by Crippen LogP contribution is -2.37. The molecular weight excluding hydrogens is 690 g/mol. The minimum absolute atomic E-state index is 0.0245. The van der Waals surface area contributed by atoms with Crippen molar-refractivity contribution in [3.63, 3.8) is 0 Å². The maximum Gasteiger partial charge on any atom is 0.397 e. The number of nitrogens with one attached hydrogen (secondary N) is 1. The van der Waals surface area contributed by atoms with Crippen molar-refractivity contribution in [1.82, 2.24) is 19.7 Å². The molecule has 0 radical (unpaired) electrons. The number of sulfone groups is 1. The molecule has 1 aliphatic rings. The predicted molar refractivity (Wildman–Crippen MR) is 179 cm³/mol. The Morgan fingerprint density at radius 1 is 1.00 bits per heavy atom. The molecule has 3 aromatic heterocycles. The van der Waals surface area contributed by atoms with E-state index in [9.17, 15) is 30.0 Å². The van der Waals surface area contributed by atoms with Gasteiger partial charge in [-0.2, -0.15) is 21.6 Å². The molecule has 1 N–H and O–H groups in total. The highest BCUT2D eigenvalue weighted by molar-refractivity contribution is 7.92. The number of fused-ring (bicyclic) bond motifs is 6. The van der Waals surface area contributed by atoms with Crippen molar-refractivity contribution in [3.05, 3.63) is 60.3 Å². The van der Waals surface area contributed by atoms with E-state index in [0.717, 1.165) is 68.3 Å². The Bertz CT molecular complexity index is 1960. The van der Waals surface area contributed by atoms with Crippen LogP contribution in [0.1, 0.15) is 45.1 Å². The lowest BCUT2D eigenvalue weighted by atomic mass is 9.94. The number of aryl methyl sites for hydroxylation is 1. The van der Waals surface area contributed by atoms with Crippen LogP contribution in [0.2, 0.25) is 0 Å². The molecule has 48 heavy (non-hydrogen) atoms. The van der Waals surface area contributed by atoms with Crippen LogP contribution in [0.4, 0.5) is 24.1 Å². The van der Waals surface area contributed by atoms with Crippen molar-refractivity contribution in [1.29, 1.82) is 0 Å². The average molecular weight is 727 g/mol. The van der Waals surface area contributed by atoms with Gasteiger partial charge in [0, 0.05) is 37.2 Å². The van der Waals surface area contributed by atoms with Gasteiger partial charge in [-0.05, 0) is 50.8 Å². The molecule has 5 rings (SSSR count). The van der Waals surface area contributed by atoms with Crippen molar-refractivity contribution in [2.75, 3.05) is 41.3 Å². The maximum absolute atomic E-state index is 13.6. The number of nitrogens with zero attached hydrogens (tertiary/aromatic N) is 5. The first-order valence-electron chi connectivity index (χ1n) is 15.3. The molecule has 0 saturated heterocycles. The van der Waals surface area contributed by atoms with Gasteiger partial charge in [-0.25, -0.2) is 23.1 Å². The molecular formula is C31H37F3N6O5S3. The third-order valence-corrected chi connectivity index (χ3v) is 11.1.